The standard InChI is InChI=1S/C16H14FN3O5/c1-9(15(21)19-14-5-3-2-4-12(14)17)25-16(22)11-7-6-10(20(23)24)8-13(11)18/h2-9H,18H2,1H3,(H,19,21). The van der Waals surface area contributed by atoms with Crippen LogP contribution in [0.3, 0.4) is 0 Å². The number of esters is 1. The van der Waals surface area contributed by atoms with E-state index >= 15 is 0 Å². The summed E-state index contributed by atoms with van der Waals surface area (Å²) in [7, 11) is 0. The normalized spacial score (nSPS) is 11.4. The molecule has 1 unspecified atom stereocenters. The maximum Gasteiger partial charge on any atom is 0.341 e. The molecule has 0 saturated heterocycles. The van der Waals surface area contributed by atoms with Crippen LogP contribution in [-0.4, -0.2) is 22.9 Å². The Bertz CT molecular complexity index is 840. The number of non-ortho nitro benzene ring substituents is 1. The number of ether oxygens (including phenoxy) is 1. The van der Waals surface area contributed by atoms with Crippen molar-refractivity contribution >= 4 is 28.9 Å². The molecule has 130 valence electrons. The molecule has 0 fully saturated rings. The Morgan fingerprint density at radius 3 is 2.56 bits per heavy atom. The highest BCUT2D eigenvalue weighted by molar-refractivity contribution is 5.99. The van der Waals surface area contributed by atoms with Gasteiger partial charge in [0.1, 0.15) is 5.82 Å². The molecule has 0 aromatic heterocycles. The molecular weight excluding hydrogens is 333 g/mol. The summed E-state index contributed by atoms with van der Waals surface area (Å²) in [4.78, 5) is 34.0. The molecule has 3 N–H and O–H groups in total. The second-order valence-electron chi connectivity index (χ2n) is 5.05. The van der Waals surface area contributed by atoms with Crippen molar-refractivity contribution in [2.24, 2.45) is 0 Å². The summed E-state index contributed by atoms with van der Waals surface area (Å²) in [6, 6.07) is 8.77. The van der Waals surface area contributed by atoms with Gasteiger partial charge in [0, 0.05) is 12.1 Å². The van der Waals surface area contributed by atoms with Gasteiger partial charge in [-0.05, 0) is 25.1 Å². The van der Waals surface area contributed by atoms with E-state index in [4.69, 9.17) is 10.5 Å². The SMILES string of the molecule is CC(OC(=O)c1ccc([N+](=O)[O-])cc1N)C(=O)Nc1ccccc1F. The Morgan fingerprint density at radius 2 is 1.96 bits per heavy atom. The quantitative estimate of drug-likeness (QED) is 0.370. The number of halogens is 1. The lowest BCUT2D eigenvalue weighted by Crippen LogP contribution is -2.30. The van der Waals surface area contributed by atoms with E-state index in [9.17, 15) is 24.1 Å². The average molecular weight is 347 g/mol. The lowest BCUT2D eigenvalue weighted by Gasteiger charge is -2.14. The zero-order chi connectivity index (χ0) is 18.6. The van der Waals surface area contributed by atoms with Crippen LogP contribution in [0.15, 0.2) is 42.5 Å². The van der Waals surface area contributed by atoms with E-state index in [2.05, 4.69) is 5.32 Å². The highest BCUT2D eigenvalue weighted by Gasteiger charge is 2.22. The molecule has 2 aromatic rings. The number of rotatable bonds is 5. The predicted octanol–water partition coefficient (Wildman–Crippen LogP) is 2.50. The van der Waals surface area contributed by atoms with E-state index in [0.717, 1.165) is 18.2 Å². The number of hydrogen-bond acceptors (Lipinski definition) is 6. The van der Waals surface area contributed by atoms with Crippen LogP contribution in [0.5, 0.6) is 0 Å². The van der Waals surface area contributed by atoms with Gasteiger partial charge in [-0.15, -0.1) is 0 Å². The average Bonchev–Trinajstić information content (AvgIpc) is 2.56. The molecule has 0 aliphatic heterocycles. The van der Waals surface area contributed by atoms with Crippen molar-refractivity contribution in [2.75, 3.05) is 11.1 Å². The number of carbonyl (C=O) groups is 2. The van der Waals surface area contributed by atoms with Crippen LogP contribution >= 0.6 is 0 Å². The summed E-state index contributed by atoms with van der Waals surface area (Å²) in [6.07, 6.45) is -1.23. The van der Waals surface area contributed by atoms with Crippen LogP contribution in [0.2, 0.25) is 0 Å². The Labute approximate surface area is 141 Å². The van der Waals surface area contributed by atoms with Gasteiger partial charge < -0.3 is 15.8 Å². The molecule has 1 atom stereocenters. The fourth-order valence-corrected chi connectivity index (χ4v) is 1.92. The number of nitrogens with two attached hydrogens (primary N) is 1. The van der Waals surface area contributed by atoms with Gasteiger partial charge >= 0.3 is 5.97 Å². The lowest BCUT2D eigenvalue weighted by atomic mass is 10.1. The first-order valence-electron chi connectivity index (χ1n) is 7.10. The number of nitrogen functional groups attached to an aromatic ring is 1. The highest BCUT2D eigenvalue weighted by Crippen LogP contribution is 2.21. The maximum atomic E-state index is 13.5. The van der Waals surface area contributed by atoms with Crippen molar-refractivity contribution in [2.45, 2.75) is 13.0 Å². The summed E-state index contributed by atoms with van der Waals surface area (Å²) < 4.78 is 18.5. The van der Waals surface area contributed by atoms with Crippen molar-refractivity contribution in [1.29, 1.82) is 0 Å². The van der Waals surface area contributed by atoms with Gasteiger partial charge in [0.05, 0.1) is 21.9 Å². The fourth-order valence-electron chi connectivity index (χ4n) is 1.92. The van der Waals surface area contributed by atoms with Crippen LogP contribution in [0.1, 0.15) is 17.3 Å². The maximum absolute atomic E-state index is 13.5. The Morgan fingerprint density at radius 1 is 1.28 bits per heavy atom. The second kappa shape index (κ2) is 7.39. The molecule has 0 bridgehead atoms. The van der Waals surface area contributed by atoms with Gasteiger partial charge in [-0.2, -0.15) is 0 Å². The third-order valence-electron chi connectivity index (χ3n) is 3.25. The third-order valence-corrected chi connectivity index (χ3v) is 3.25. The number of nitro groups is 1. The van der Waals surface area contributed by atoms with Crippen molar-refractivity contribution in [3.8, 4) is 0 Å². The van der Waals surface area contributed by atoms with Crippen LogP contribution in [0.25, 0.3) is 0 Å². The Balaban J connectivity index is 2.06. The number of nitrogens with one attached hydrogen (secondary N) is 1. The molecule has 8 nitrogen and oxygen atoms in total. The van der Waals surface area contributed by atoms with Gasteiger partial charge in [-0.3, -0.25) is 14.9 Å². The molecule has 1 amide bonds. The number of nitro benzene ring substituents is 1. The number of carbonyl (C=O) groups excluding carboxylic acids is 2. The number of para-hydroxylation sites is 1. The molecule has 0 heterocycles. The minimum atomic E-state index is -1.23. The van der Waals surface area contributed by atoms with Crippen LogP contribution < -0.4 is 11.1 Å². The molecule has 0 aliphatic carbocycles. The number of amides is 1. The molecule has 0 spiro atoms. The minimum absolute atomic E-state index is 0.0507. The largest absolute Gasteiger partial charge is 0.449 e. The predicted molar refractivity (Wildman–Crippen MR) is 87.4 cm³/mol. The summed E-state index contributed by atoms with van der Waals surface area (Å²) in [5.41, 5.74) is 5.00. The second-order valence-corrected chi connectivity index (χ2v) is 5.05. The zero-order valence-corrected chi connectivity index (χ0v) is 13.1. The van der Waals surface area contributed by atoms with E-state index in [1.54, 1.807) is 0 Å². The monoisotopic (exact) mass is 347 g/mol. The Kier molecular flexibility index (Phi) is 5.28. The highest BCUT2D eigenvalue weighted by atomic mass is 19.1. The van der Waals surface area contributed by atoms with Gasteiger partial charge in [0.15, 0.2) is 6.10 Å². The fraction of sp³-hybridized carbons (Fsp3) is 0.125. The van der Waals surface area contributed by atoms with E-state index < -0.39 is 28.7 Å². The first-order chi connectivity index (χ1) is 11.8. The van der Waals surface area contributed by atoms with Crippen molar-refractivity contribution < 1.29 is 23.6 Å². The van der Waals surface area contributed by atoms with Gasteiger partial charge in [0.2, 0.25) is 0 Å². The number of hydrogen-bond donors (Lipinski definition) is 2. The smallest absolute Gasteiger partial charge is 0.341 e. The molecule has 0 saturated carbocycles. The molecule has 2 aromatic carbocycles. The first kappa shape index (κ1) is 17.9. The van der Waals surface area contributed by atoms with E-state index in [1.807, 2.05) is 0 Å². The summed E-state index contributed by atoms with van der Waals surface area (Å²) in [6.45, 7) is 1.30. The van der Waals surface area contributed by atoms with E-state index in [-0.39, 0.29) is 22.6 Å². The molecule has 0 radical (unpaired) electrons. The first-order valence-corrected chi connectivity index (χ1v) is 7.10. The number of anilines is 2. The third kappa shape index (κ3) is 4.28. The van der Waals surface area contributed by atoms with Crippen LogP contribution in [0.4, 0.5) is 21.5 Å². The van der Waals surface area contributed by atoms with Gasteiger partial charge in [0.25, 0.3) is 11.6 Å². The van der Waals surface area contributed by atoms with Crippen molar-refractivity contribution in [1.82, 2.24) is 0 Å². The van der Waals surface area contributed by atoms with Gasteiger partial charge in [-0.25, -0.2) is 9.18 Å². The van der Waals surface area contributed by atoms with E-state index in [1.165, 1.54) is 31.2 Å². The zero-order valence-electron chi connectivity index (χ0n) is 13.1. The molecular formula is C16H14FN3O5. The number of nitrogens with zero attached hydrogens (tertiary/aromatic N) is 1. The molecule has 2 rings (SSSR count). The molecule has 9 heteroatoms. The van der Waals surface area contributed by atoms with Gasteiger partial charge in [-0.1, -0.05) is 12.1 Å². The Hall–Kier alpha value is -3.49. The lowest BCUT2D eigenvalue weighted by molar-refractivity contribution is -0.384. The topological polar surface area (TPSA) is 125 Å². The summed E-state index contributed by atoms with van der Waals surface area (Å²) >= 11 is 0. The van der Waals surface area contributed by atoms with E-state index in [0.29, 0.717) is 0 Å². The summed E-state index contributed by atoms with van der Waals surface area (Å²) in [5.74, 6) is -2.29. The molecule has 0 aliphatic rings. The number of benzene rings is 2. The van der Waals surface area contributed by atoms with Crippen LogP contribution in [0, 0.1) is 15.9 Å². The minimum Gasteiger partial charge on any atom is -0.449 e. The van der Waals surface area contributed by atoms with Crippen LogP contribution in [-0.2, 0) is 9.53 Å². The van der Waals surface area contributed by atoms with Crippen molar-refractivity contribution in [3.63, 3.8) is 0 Å². The van der Waals surface area contributed by atoms with Crippen molar-refractivity contribution in [3.05, 3.63) is 64.0 Å². The molecule has 25 heavy (non-hydrogen) atoms. The summed E-state index contributed by atoms with van der Waals surface area (Å²) in [5, 5.41) is 12.9.